The van der Waals surface area contributed by atoms with Crippen LogP contribution in [0.15, 0.2) is 11.8 Å². The highest BCUT2D eigenvalue weighted by Gasteiger charge is 2.55. The first-order chi connectivity index (χ1) is 8.81. The van der Waals surface area contributed by atoms with Crippen molar-refractivity contribution in [2.75, 3.05) is 7.11 Å². The Morgan fingerprint density at radius 1 is 1.05 bits per heavy atom. The molecule has 19 heavy (non-hydrogen) atoms. The smallest absolute Gasteiger partial charge is 0.206 e. The minimum absolute atomic E-state index is 0.283. The molecule has 6 heteroatoms. The van der Waals surface area contributed by atoms with Gasteiger partial charge in [0.1, 0.15) is 12.2 Å². The largest absolute Gasteiger partial charge is 0.470 e. The van der Waals surface area contributed by atoms with Crippen LogP contribution in [0.5, 0.6) is 0 Å². The summed E-state index contributed by atoms with van der Waals surface area (Å²) in [6.07, 6.45) is -0.0105. The zero-order valence-corrected chi connectivity index (χ0v) is 11.8. The fourth-order valence-corrected chi connectivity index (χ4v) is 2.56. The molecule has 0 aliphatic carbocycles. The molecule has 0 aromatic carbocycles. The van der Waals surface area contributed by atoms with E-state index >= 15 is 0 Å². The van der Waals surface area contributed by atoms with Crippen LogP contribution < -0.4 is 0 Å². The molecule has 0 saturated carbocycles. The number of rotatable bonds is 1. The van der Waals surface area contributed by atoms with E-state index in [1.807, 2.05) is 27.7 Å². The second-order valence-corrected chi connectivity index (χ2v) is 5.85. The molecule has 3 aliphatic rings. The Hall–Kier alpha value is -0.660. The van der Waals surface area contributed by atoms with E-state index in [1.165, 1.54) is 0 Å². The molecular formula is C13H20O6. The maximum Gasteiger partial charge on any atom is 0.206 e. The summed E-state index contributed by atoms with van der Waals surface area (Å²) in [7, 11) is 1.58. The van der Waals surface area contributed by atoms with Crippen LogP contribution in [-0.2, 0) is 28.4 Å². The third-order valence-electron chi connectivity index (χ3n) is 3.36. The molecule has 2 fully saturated rings. The zero-order valence-electron chi connectivity index (χ0n) is 11.8. The molecule has 0 bridgehead atoms. The van der Waals surface area contributed by atoms with E-state index in [0.29, 0.717) is 0 Å². The molecule has 0 aromatic heterocycles. The van der Waals surface area contributed by atoms with E-state index in [4.69, 9.17) is 28.4 Å². The fourth-order valence-electron chi connectivity index (χ4n) is 2.56. The topological polar surface area (TPSA) is 55.4 Å². The molecule has 3 aliphatic heterocycles. The normalized spacial score (nSPS) is 42.9. The number of methoxy groups -OCH3 is 1. The van der Waals surface area contributed by atoms with Crippen LogP contribution in [0.3, 0.4) is 0 Å². The van der Waals surface area contributed by atoms with Gasteiger partial charge in [0, 0.05) is 21.0 Å². The Labute approximate surface area is 112 Å². The van der Waals surface area contributed by atoms with Crippen molar-refractivity contribution in [3.05, 3.63) is 11.8 Å². The average molecular weight is 272 g/mol. The number of hydrogen-bond acceptors (Lipinski definition) is 6. The van der Waals surface area contributed by atoms with Gasteiger partial charge in [-0.2, -0.15) is 0 Å². The van der Waals surface area contributed by atoms with Gasteiger partial charge in [0.15, 0.2) is 18.4 Å². The van der Waals surface area contributed by atoms with Crippen LogP contribution in [0, 0.1) is 0 Å². The molecule has 3 rings (SSSR count). The molecule has 0 spiro atoms. The van der Waals surface area contributed by atoms with Gasteiger partial charge in [-0.1, -0.05) is 0 Å². The van der Waals surface area contributed by atoms with E-state index in [2.05, 4.69) is 0 Å². The molecule has 6 nitrogen and oxygen atoms in total. The predicted molar refractivity (Wildman–Crippen MR) is 63.8 cm³/mol. The molecule has 3 heterocycles. The third kappa shape index (κ3) is 2.28. The Bertz CT molecular complexity index is 402. The highest BCUT2D eigenvalue weighted by molar-refractivity contribution is 5.19. The number of hydrogen-bond donors (Lipinski definition) is 0. The lowest BCUT2D eigenvalue weighted by molar-refractivity contribution is -0.340. The van der Waals surface area contributed by atoms with Gasteiger partial charge in [0.05, 0.1) is 11.8 Å². The number of ether oxygens (including phenoxy) is 6. The lowest BCUT2D eigenvalue weighted by Gasteiger charge is -2.43. The summed E-state index contributed by atoms with van der Waals surface area (Å²) >= 11 is 0. The second-order valence-electron chi connectivity index (χ2n) is 5.85. The molecule has 2 saturated heterocycles. The zero-order chi connectivity index (χ0) is 13.8. The van der Waals surface area contributed by atoms with Crippen molar-refractivity contribution in [1.29, 1.82) is 0 Å². The average Bonchev–Trinajstić information content (AvgIpc) is 2.61. The summed E-state index contributed by atoms with van der Waals surface area (Å²) in [4.78, 5) is 0. The van der Waals surface area contributed by atoms with Crippen molar-refractivity contribution < 1.29 is 28.4 Å². The maximum atomic E-state index is 5.91. The van der Waals surface area contributed by atoms with Crippen molar-refractivity contribution in [3.63, 3.8) is 0 Å². The molecule has 0 radical (unpaired) electrons. The molecule has 0 aromatic rings. The molecule has 108 valence electrons. The van der Waals surface area contributed by atoms with Gasteiger partial charge < -0.3 is 28.4 Å². The van der Waals surface area contributed by atoms with Crippen LogP contribution in [0.4, 0.5) is 0 Å². The summed E-state index contributed by atoms with van der Waals surface area (Å²) in [6.45, 7) is 7.38. The van der Waals surface area contributed by atoms with Gasteiger partial charge in [0.2, 0.25) is 5.79 Å². The van der Waals surface area contributed by atoms with Crippen molar-refractivity contribution in [2.45, 2.75) is 64.1 Å². The van der Waals surface area contributed by atoms with Gasteiger partial charge in [-0.3, -0.25) is 0 Å². The first-order valence-electron chi connectivity index (χ1n) is 6.41. The van der Waals surface area contributed by atoms with Crippen molar-refractivity contribution in [3.8, 4) is 0 Å². The third-order valence-corrected chi connectivity index (χ3v) is 3.36. The van der Waals surface area contributed by atoms with Crippen molar-refractivity contribution >= 4 is 0 Å². The van der Waals surface area contributed by atoms with Gasteiger partial charge in [-0.15, -0.1) is 0 Å². The summed E-state index contributed by atoms with van der Waals surface area (Å²) in [5.41, 5.74) is 0.795. The number of fused-ring (bicyclic) bond motifs is 3. The van der Waals surface area contributed by atoms with Crippen LogP contribution in [-0.4, -0.2) is 43.5 Å². The Kier molecular flexibility index (Phi) is 2.92. The minimum atomic E-state index is -0.728. The lowest BCUT2D eigenvalue weighted by Crippen LogP contribution is -2.53. The SMILES string of the molecule is CO[C@H]1O[C@@H]2OC(C)(C)OC=C2[C@H]2OC(C)(C)O[C@@H]12. The van der Waals surface area contributed by atoms with Crippen LogP contribution in [0.1, 0.15) is 27.7 Å². The maximum absolute atomic E-state index is 5.91. The van der Waals surface area contributed by atoms with Crippen molar-refractivity contribution in [2.24, 2.45) is 0 Å². The fraction of sp³-hybridized carbons (Fsp3) is 0.846. The molecular weight excluding hydrogens is 252 g/mol. The highest BCUT2D eigenvalue weighted by Crippen LogP contribution is 2.43. The van der Waals surface area contributed by atoms with E-state index in [-0.39, 0.29) is 12.2 Å². The summed E-state index contributed by atoms with van der Waals surface area (Å²) in [5, 5.41) is 0. The van der Waals surface area contributed by atoms with Crippen LogP contribution >= 0.6 is 0 Å². The Balaban J connectivity index is 1.91. The molecule has 0 amide bonds. The summed E-state index contributed by atoms with van der Waals surface area (Å²) in [5.74, 6) is -1.41. The van der Waals surface area contributed by atoms with Gasteiger partial charge >= 0.3 is 0 Å². The van der Waals surface area contributed by atoms with Gasteiger partial charge in [-0.25, -0.2) is 0 Å². The first-order valence-corrected chi connectivity index (χ1v) is 6.41. The minimum Gasteiger partial charge on any atom is -0.470 e. The summed E-state index contributed by atoms with van der Waals surface area (Å²) < 4.78 is 34.2. The monoisotopic (exact) mass is 272 g/mol. The van der Waals surface area contributed by atoms with Gasteiger partial charge in [-0.05, 0) is 13.8 Å². The molecule has 0 unspecified atom stereocenters. The Morgan fingerprint density at radius 2 is 1.79 bits per heavy atom. The van der Waals surface area contributed by atoms with E-state index in [9.17, 15) is 0 Å². The Morgan fingerprint density at radius 3 is 2.47 bits per heavy atom. The van der Waals surface area contributed by atoms with E-state index in [1.54, 1.807) is 13.4 Å². The second kappa shape index (κ2) is 4.17. The van der Waals surface area contributed by atoms with E-state index in [0.717, 1.165) is 5.57 Å². The highest BCUT2D eigenvalue weighted by atomic mass is 16.8. The molecule has 4 atom stereocenters. The summed E-state index contributed by atoms with van der Waals surface area (Å²) in [6, 6.07) is 0. The predicted octanol–water partition coefficient (Wildman–Crippen LogP) is 1.50. The lowest BCUT2D eigenvalue weighted by atomic mass is 10.0. The quantitative estimate of drug-likeness (QED) is 0.721. The molecule has 0 N–H and O–H groups in total. The first kappa shape index (κ1) is 13.3. The van der Waals surface area contributed by atoms with E-state index < -0.39 is 24.2 Å². The van der Waals surface area contributed by atoms with Crippen LogP contribution in [0.25, 0.3) is 0 Å². The van der Waals surface area contributed by atoms with Crippen molar-refractivity contribution in [1.82, 2.24) is 0 Å². The standard InChI is InChI=1S/C13H20O6/c1-12(2)15-6-7-8-9(18-13(3,4)17-8)11(14-5)16-10(7)19-12/h6,8-11H,1-5H3/t8-,9-,10-,11+/m1/s1. The van der Waals surface area contributed by atoms with Gasteiger partial charge in [0.25, 0.3) is 0 Å². The van der Waals surface area contributed by atoms with Crippen LogP contribution in [0.2, 0.25) is 0 Å².